The summed E-state index contributed by atoms with van der Waals surface area (Å²) in [7, 11) is 0. The third kappa shape index (κ3) is 5.92. The highest BCUT2D eigenvalue weighted by Gasteiger charge is 2.23. The molecule has 1 unspecified atom stereocenters. The predicted octanol–water partition coefficient (Wildman–Crippen LogP) is 3.60. The quantitative estimate of drug-likeness (QED) is 0.768. The third-order valence-electron chi connectivity index (χ3n) is 4.42. The lowest BCUT2D eigenvalue weighted by atomic mass is 10.0. The monoisotopic (exact) mass is 403 g/mol. The summed E-state index contributed by atoms with van der Waals surface area (Å²) >= 11 is 0. The van der Waals surface area contributed by atoms with Crippen LogP contribution in [0.15, 0.2) is 12.3 Å². The smallest absolute Gasteiger partial charge is 0.407 e. The molecule has 0 aliphatic carbocycles. The first-order chi connectivity index (χ1) is 13.4. The van der Waals surface area contributed by atoms with Crippen molar-refractivity contribution >= 4 is 23.0 Å². The molecule has 0 bridgehead atoms. The Bertz CT molecular complexity index is 880. The number of amides is 2. The first-order valence-corrected chi connectivity index (χ1v) is 10.0. The second-order valence-electron chi connectivity index (χ2n) is 8.94. The predicted molar refractivity (Wildman–Crippen MR) is 113 cm³/mol. The van der Waals surface area contributed by atoms with Gasteiger partial charge in [0.05, 0.1) is 23.2 Å². The standard InChI is InChI=1S/C21H33N5O3/c1-12(2)17(25-20(28)29-21(6,7)8)11-22-19(27)15-9-14(5)24-18-16(15)10-23-26(18)13(3)4/h9-10,12-13,17H,11H2,1-8H3,(H,22,27)(H,25,28). The molecular weight excluding hydrogens is 370 g/mol. The fraction of sp³-hybridized carbons (Fsp3) is 0.619. The molecule has 2 amide bonds. The van der Waals surface area contributed by atoms with Crippen molar-refractivity contribution in [3.8, 4) is 0 Å². The van der Waals surface area contributed by atoms with Gasteiger partial charge >= 0.3 is 6.09 Å². The van der Waals surface area contributed by atoms with E-state index >= 15 is 0 Å². The first kappa shape index (κ1) is 22.6. The van der Waals surface area contributed by atoms with Crippen LogP contribution in [0.4, 0.5) is 4.79 Å². The average Bonchev–Trinajstić information content (AvgIpc) is 2.99. The fourth-order valence-corrected chi connectivity index (χ4v) is 2.92. The lowest BCUT2D eigenvalue weighted by Crippen LogP contribution is -2.48. The van der Waals surface area contributed by atoms with Gasteiger partial charge in [0.15, 0.2) is 5.65 Å². The van der Waals surface area contributed by atoms with Gasteiger partial charge in [-0.25, -0.2) is 14.5 Å². The van der Waals surface area contributed by atoms with Gasteiger partial charge in [0.1, 0.15) is 5.60 Å². The SMILES string of the molecule is Cc1cc(C(=O)NCC(NC(=O)OC(C)(C)C)C(C)C)c2cnn(C(C)C)c2n1. The molecule has 0 spiro atoms. The third-order valence-corrected chi connectivity index (χ3v) is 4.42. The van der Waals surface area contributed by atoms with Crippen molar-refractivity contribution in [1.82, 2.24) is 25.4 Å². The van der Waals surface area contributed by atoms with Gasteiger partial charge in [0.25, 0.3) is 5.91 Å². The van der Waals surface area contributed by atoms with Crippen LogP contribution in [0, 0.1) is 12.8 Å². The molecule has 2 N–H and O–H groups in total. The Labute approximate surface area is 172 Å². The molecule has 0 radical (unpaired) electrons. The molecule has 1 atom stereocenters. The molecule has 0 saturated carbocycles. The van der Waals surface area contributed by atoms with Gasteiger partial charge in [0, 0.05) is 18.3 Å². The zero-order valence-electron chi connectivity index (χ0n) is 18.7. The van der Waals surface area contributed by atoms with E-state index in [9.17, 15) is 9.59 Å². The lowest BCUT2D eigenvalue weighted by molar-refractivity contribution is 0.0487. The van der Waals surface area contributed by atoms with Crippen LogP contribution in [-0.4, -0.2) is 45.0 Å². The topological polar surface area (TPSA) is 98.1 Å². The van der Waals surface area contributed by atoms with E-state index in [0.29, 0.717) is 16.6 Å². The van der Waals surface area contributed by atoms with E-state index in [1.807, 2.05) is 55.4 Å². The van der Waals surface area contributed by atoms with Crippen LogP contribution >= 0.6 is 0 Å². The average molecular weight is 404 g/mol. The maximum atomic E-state index is 12.9. The Morgan fingerprint density at radius 3 is 2.41 bits per heavy atom. The van der Waals surface area contributed by atoms with E-state index in [1.54, 1.807) is 16.9 Å². The van der Waals surface area contributed by atoms with E-state index < -0.39 is 11.7 Å². The number of fused-ring (bicyclic) bond motifs is 1. The van der Waals surface area contributed by atoms with Gasteiger partial charge in [-0.2, -0.15) is 5.10 Å². The second-order valence-corrected chi connectivity index (χ2v) is 8.94. The summed E-state index contributed by atoms with van der Waals surface area (Å²) in [6, 6.07) is 1.64. The van der Waals surface area contributed by atoms with Gasteiger partial charge < -0.3 is 15.4 Å². The number of hydrogen-bond acceptors (Lipinski definition) is 5. The Hall–Kier alpha value is -2.64. The van der Waals surface area contributed by atoms with Crippen molar-refractivity contribution < 1.29 is 14.3 Å². The molecule has 2 heterocycles. The largest absolute Gasteiger partial charge is 0.444 e. The summed E-state index contributed by atoms with van der Waals surface area (Å²) in [6.45, 7) is 15.6. The maximum absolute atomic E-state index is 12.9. The Kier molecular flexibility index (Phi) is 6.87. The van der Waals surface area contributed by atoms with Crippen LogP contribution in [0.1, 0.15) is 70.6 Å². The number of aryl methyl sites for hydroxylation is 1. The molecular formula is C21H33N5O3. The molecule has 29 heavy (non-hydrogen) atoms. The second kappa shape index (κ2) is 8.80. The lowest BCUT2D eigenvalue weighted by Gasteiger charge is -2.26. The summed E-state index contributed by atoms with van der Waals surface area (Å²) in [4.78, 5) is 29.6. The minimum absolute atomic E-state index is 0.116. The number of rotatable bonds is 6. The van der Waals surface area contributed by atoms with Crippen LogP contribution in [0.5, 0.6) is 0 Å². The molecule has 2 aromatic heterocycles. The number of carbonyl (C=O) groups is 2. The number of hydrogen-bond donors (Lipinski definition) is 2. The zero-order chi connectivity index (χ0) is 21.9. The molecule has 0 fully saturated rings. The Morgan fingerprint density at radius 1 is 1.21 bits per heavy atom. The molecule has 8 heteroatoms. The number of pyridine rings is 1. The molecule has 8 nitrogen and oxygen atoms in total. The molecule has 160 valence electrons. The summed E-state index contributed by atoms with van der Waals surface area (Å²) in [5, 5.41) is 10.9. The number of aromatic nitrogens is 3. The highest BCUT2D eigenvalue weighted by Crippen LogP contribution is 2.21. The number of alkyl carbamates (subject to hydrolysis) is 1. The van der Waals surface area contributed by atoms with Crippen LogP contribution in [0.3, 0.4) is 0 Å². The van der Waals surface area contributed by atoms with Crippen LogP contribution in [0.25, 0.3) is 11.0 Å². The molecule has 0 saturated heterocycles. The van der Waals surface area contributed by atoms with Crippen molar-refractivity contribution in [2.24, 2.45) is 5.92 Å². The minimum Gasteiger partial charge on any atom is -0.444 e. The number of nitrogens with zero attached hydrogens (tertiary/aromatic N) is 3. The minimum atomic E-state index is -0.578. The normalized spacial score (nSPS) is 13.0. The zero-order valence-corrected chi connectivity index (χ0v) is 18.7. The van der Waals surface area contributed by atoms with Crippen LogP contribution in [-0.2, 0) is 4.74 Å². The molecule has 2 aromatic rings. The van der Waals surface area contributed by atoms with Gasteiger partial charge in [0.2, 0.25) is 0 Å². The van der Waals surface area contributed by atoms with Crippen LogP contribution in [0.2, 0.25) is 0 Å². The van der Waals surface area contributed by atoms with E-state index in [0.717, 1.165) is 5.69 Å². The Morgan fingerprint density at radius 2 is 1.86 bits per heavy atom. The molecule has 0 aliphatic rings. The summed E-state index contributed by atoms with van der Waals surface area (Å²) < 4.78 is 7.13. The van der Waals surface area contributed by atoms with Crippen molar-refractivity contribution in [2.45, 2.75) is 73.1 Å². The number of nitrogens with one attached hydrogen (secondary N) is 2. The number of ether oxygens (including phenoxy) is 1. The first-order valence-electron chi connectivity index (χ1n) is 10.0. The highest BCUT2D eigenvalue weighted by molar-refractivity contribution is 6.05. The summed E-state index contributed by atoms with van der Waals surface area (Å²) in [5.41, 5.74) is 1.39. The van der Waals surface area contributed by atoms with Crippen molar-refractivity contribution in [1.29, 1.82) is 0 Å². The van der Waals surface area contributed by atoms with Gasteiger partial charge in [-0.05, 0) is 53.5 Å². The van der Waals surface area contributed by atoms with Gasteiger partial charge in [-0.3, -0.25) is 4.79 Å². The molecule has 0 aliphatic heterocycles. The summed E-state index contributed by atoms with van der Waals surface area (Å²) in [5.74, 6) is -0.105. The molecule has 2 rings (SSSR count). The van der Waals surface area contributed by atoms with E-state index in [2.05, 4.69) is 20.7 Å². The van der Waals surface area contributed by atoms with Gasteiger partial charge in [-0.15, -0.1) is 0 Å². The van der Waals surface area contributed by atoms with Crippen LogP contribution < -0.4 is 10.6 Å². The van der Waals surface area contributed by atoms with Crippen molar-refractivity contribution in [3.05, 3.63) is 23.5 Å². The van der Waals surface area contributed by atoms with Crippen molar-refractivity contribution in [3.63, 3.8) is 0 Å². The number of carbonyl (C=O) groups excluding carboxylic acids is 2. The van der Waals surface area contributed by atoms with E-state index in [4.69, 9.17) is 4.74 Å². The molecule has 0 aromatic carbocycles. The maximum Gasteiger partial charge on any atom is 0.407 e. The summed E-state index contributed by atoms with van der Waals surface area (Å²) in [6.07, 6.45) is 1.18. The van der Waals surface area contributed by atoms with E-state index in [-0.39, 0.29) is 30.5 Å². The van der Waals surface area contributed by atoms with Crippen molar-refractivity contribution in [2.75, 3.05) is 6.54 Å². The fourth-order valence-electron chi connectivity index (χ4n) is 2.92. The van der Waals surface area contributed by atoms with E-state index in [1.165, 1.54) is 0 Å². The highest BCUT2D eigenvalue weighted by atomic mass is 16.6. The Balaban J connectivity index is 2.15. The van der Waals surface area contributed by atoms with Gasteiger partial charge in [-0.1, -0.05) is 13.8 Å².